The highest BCUT2D eigenvalue weighted by Gasteiger charge is 2.41. The first-order valence-corrected chi connectivity index (χ1v) is 9.31. The number of carbonyl (C=O) groups is 1. The molecule has 1 saturated carbocycles. The van der Waals surface area contributed by atoms with E-state index in [0.717, 1.165) is 19.4 Å². The molecule has 1 aliphatic heterocycles. The molecule has 2 heterocycles. The molecule has 1 aromatic heterocycles. The van der Waals surface area contributed by atoms with Crippen LogP contribution in [0.15, 0.2) is 48.7 Å². The third-order valence-electron chi connectivity index (χ3n) is 5.90. The third-order valence-corrected chi connectivity index (χ3v) is 5.90. The Labute approximate surface area is 149 Å². The molecule has 2 fully saturated rings. The van der Waals surface area contributed by atoms with Crippen LogP contribution in [0.2, 0.25) is 0 Å². The van der Waals surface area contributed by atoms with Crippen LogP contribution in [0.1, 0.15) is 53.9 Å². The van der Waals surface area contributed by atoms with Crippen LogP contribution < -0.4 is 5.73 Å². The van der Waals surface area contributed by atoms with E-state index in [4.69, 9.17) is 5.73 Å². The molecule has 1 saturated heterocycles. The topological polar surface area (TPSA) is 59.2 Å². The van der Waals surface area contributed by atoms with Gasteiger partial charge in [-0.05, 0) is 48.8 Å². The van der Waals surface area contributed by atoms with Gasteiger partial charge in [0.05, 0.1) is 5.56 Å². The molecule has 1 aromatic carbocycles. The Balaban J connectivity index is 1.59. The van der Waals surface area contributed by atoms with Crippen molar-refractivity contribution in [3.8, 4) is 0 Å². The second-order valence-corrected chi connectivity index (χ2v) is 7.29. The van der Waals surface area contributed by atoms with Gasteiger partial charge in [-0.2, -0.15) is 0 Å². The minimum atomic E-state index is 0.107. The maximum atomic E-state index is 13.1. The molecule has 4 rings (SSSR count). The first-order valence-electron chi connectivity index (χ1n) is 9.31. The van der Waals surface area contributed by atoms with Gasteiger partial charge >= 0.3 is 0 Å². The zero-order chi connectivity index (χ0) is 17.2. The number of anilines is 1. The highest BCUT2D eigenvalue weighted by molar-refractivity contribution is 5.94. The molecule has 25 heavy (non-hydrogen) atoms. The Bertz CT molecular complexity index is 729. The lowest BCUT2D eigenvalue weighted by Crippen LogP contribution is -2.52. The standard InChI is InChI=1S/C21H25N3O/c22-20-11-10-16(14-23-20)21(25)24-13-12-17(15-6-2-1-3-7-15)18-8-4-5-9-19(18)24/h1-3,6-7,10-11,14,17-19H,4-5,8-9,12-13H2,(H2,22,23). The number of nitrogens with zero attached hydrogens (tertiary/aromatic N) is 2. The van der Waals surface area contributed by atoms with Crippen molar-refractivity contribution in [3.63, 3.8) is 0 Å². The van der Waals surface area contributed by atoms with Gasteiger partial charge in [-0.1, -0.05) is 43.2 Å². The Hall–Kier alpha value is -2.36. The summed E-state index contributed by atoms with van der Waals surface area (Å²) < 4.78 is 0. The lowest BCUT2D eigenvalue weighted by molar-refractivity contribution is 0.0319. The second kappa shape index (κ2) is 6.87. The van der Waals surface area contributed by atoms with Crippen LogP contribution in [0.4, 0.5) is 5.82 Å². The van der Waals surface area contributed by atoms with Gasteiger partial charge in [-0.15, -0.1) is 0 Å². The summed E-state index contributed by atoms with van der Waals surface area (Å²) in [6.07, 6.45) is 7.47. The number of hydrogen-bond donors (Lipinski definition) is 1. The molecule has 4 heteroatoms. The zero-order valence-electron chi connectivity index (χ0n) is 14.5. The van der Waals surface area contributed by atoms with E-state index >= 15 is 0 Å². The fraction of sp³-hybridized carbons (Fsp3) is 0.429. The van der Waals surface area contributed by atoms with Crippen LogP contribution in [0.3, 0.4) is 0 Å². The third kappa shape index (κ3) is 3.13. The summed E-state index contributed by atoms with van der Waals surface area (Å²) in [6.45, 7) is 0.823. The number of benzene rings is 1. The van der Waals surface area contributed by atoms with Gasteiger partial charge in [0.25, 0.3) is 5.91 Å². The Morgan fingerprint density at radius 3 is 2.60 bits per heavy atom. The van der Waals surface area contributed by atoms with E-state index in [-0.39, 0.29) is 5.91 Å². The fourth-order valence-corrected chi connectivity index (χ4v) is 4.72. The van der Waals surface area contributed by atoms with Gasteiger partial charge < -0.3 is 10.6 Å². The van der Waals surface area contributed by atoms with Crippen LogP contribution in [-0.4, -0.2) is 28.4 Å². The summed E-state index contributed by atoms with van der Waals surface area (Å²) in [7, 11) is 0. The highest BCUT2D eigenvalue weighted by Crippen LogP contribution is 2.44. The lowest BCUT2D eigenvalue weighted by atomic mass is 9.69. The molecule has 0 bridgehead atoms. The summed E-state index contributed by atoms with van der Waals surface area (Å²) in [6, 6.07) is 14.7. The SMILES string of the molecule is Nc1ccc(C(=O)N2CCC(c3ccccc3)C3CCCCC32)cn1. The minimum absolute atomic E-state index is 0.107. The molecule has 3 atom stereocenters. The molecule has 1 aliphatic carbocycles. The first kappa shape index (κ1) is 16.1. The quantitative estimate of drug-likeness (QED) is 0.907. The molecular formula is C21H25N3O. The average molecular weight is 335 g/mol. The number of nitrogens with two attached hydrogens (primary N) is 1. The number of rotatable bonds is 2. The smallest absolute Gasteiger partial charge is 0.255 e. The van der Waals surface area contributed by atoms with E-state index in [1.165, 1.54) is 24.8 Å². The number of fused-ring (bicyclic) bond motifs is 1. The maximum absolute atomic E-state index is 13.1. The number of hydrogen-bond acceptors (Lipinski definition) is 3. The minimum Gasteiger partial charge on any atom is -0.384 e. The number of piperidine rings is 1. The van der Waals surface area contributed by atoms with Gasteiger partial charge in [-0.25, -0.2) is 4.98 Å². The summed E-state index contributed by atoms with van der Waals surface area (Å²) >= 11 is 0. The molecular weight excluding hydrogens is 310 g/mol. The normalized spacial score (nSPS) is 26.1. The molecule has 2 N–H and O–H groups in total. The molecule has 0 spiro atoms. The predicted molar refractivity (Wildman–Crippen MR) is 99.2 cm³/mol. The summed E-state index contributed by atoms with van der Waals surface area (Å²) in [5, 5.41) is 0. The molecule has 130 valence electrons. The Kier molecular flexibility index (Phi) is 4.43. The zero-order valence-corrected chi connectivity index (χ0v) is 14.5. The van der Waals surface area contributed by atoms with Crippen molar-refractivity contribution in [2.45, 2.75) is 44.1 Å². The predicted octanol–water partition coefficient (Wildman–Crippen LogP) is 3.85. The number of likely N-dealkylation sites (tertiary alicyclic amines) is 1. The molecule has 4 nitrogen and oxygen atoms in total. The van der Waals surface area contributed by atoms with Crippen molar-refractivity contribution in [1.29, 1.82) is 0 Å². The van der Waals surface area contributed by atoms with E-state index in [1.54, 1.807) is 18.3 Å². The van der Waals surface area contributed by atoms with E-state index in [2.05, 4.69) is 40.2 Å². The first-order chi connectivity index (χ1) is 12.2. The molecule has 3 unspecified atom stereocenters. The molecule has 2 aromatic rings. The number of pyridine rings is 1. The summed E-state index contributed by atoms with van der Waals surface area (Å²) in [4.78, 5) is 19.3. The number of aromatic nitrogens is 1. The van der Waals surface area contributed by atoms with Gasteiger partial charge in [-0.3, -0.25) is 4.79 Å². The number of nitrogen functional groups attached to an aromatic ring is 1. The lowest BCUT2D eigenvalue weighted by Gasteiger charge is -2.48. The molecule has 2 aliphatic rings. The van der Waals surface area contributed by atoms with Gasteiger partial charge in [0.1, 0.15) is 5.82 Å². The van der Waals surface area contributed by atoms with E-state index < -0.39 is 0 Å². The highest BCUT2D eigenvalue weighted by atomic mass is 16.2. The second-order valence-electron chi connectivity index (χ2n) is 7.29. The van der Waals surface area contributed by atoms with Crippen molar-refractivity contribution >= 4 is 11.7 Å². The van der Waals surface area contributed by atoms with Crippen molar-refractivity contribution < 1.29 is 4.79 Å². The monoisotopic (exact) mass is 335 g/mol. The van der Waals surface area contributed by atoms with E-state index in [0.29, 0.717) is 29.3 Å². The largest absolute Gasteiger partial charge is 0.384 e. The fourth-order valence-electron chi connectivity index (χ4n) is 4.72. The summed E-state index contributed by atoms with van der Waals surface area (Å²) in [5.74, 6) is 1.70. The van der Waals surface area contributed by atoms with Crippen LogP contribution in [0.5, 0.6) is 0 Å². The van der Waals surface area contributed by atoms with Crippen LogP contribution >= 0.6 is 0 Å². The van der Waals surface area contributed by atoms with Crippen molar-refractivity contribution in [2.24, 2.45) is 5.92 Å². The Morgan fingerprint density at radius 2 is 1.84 bits per heavy atom. The Morgan fingerprint density at radius 1 is 1.04 bits per heavy atom. The maximum Gasteiger partial charge on any atom is 0.255 e. The van der Waals surface area contributed by atoms with E-state index in [9.17, 15) is 4.79 Å². The van der Waals surface area contributed by atoms with Crippen LogP contribution in [0.25, 0.3) is 0 Å². The number of carbonyl (C=O) groups excluding carboxylic acids is 1. The van der Waals surface area contributed by atoms with E-state index in [1.807, 2.05) is 0 Å². The molecule has 1 amide bonds. The van der Waals surface area contributed by atoms with Crippen molar-refractivity contribution in [1.82, 2.24) is 9.88 Å². The number of amides is 1. The molecule has 0 radical (unpaired) electrons. The average Bonchev–Trinajstić information content (AvgIpc) is 2.68. The van der Waals surface area contributed by atoms with Gasteiger partial charge in [0, 0.05) is 18.8 Å². The van der Waals surface area contributed by atoms with Crippen LogP contribution in [0, 0.1) is 5.92 Å². The van der Waals surface area contributed by atoms with Crippen molar-refractivity contribution in [3.05, 3.63) is 59.8 Å². The summed E-state index contributed by atoms with van der Waals surface area (Å²) in [5.41, 5.74) is 7.74. The van der Waals surface area contributed by atoms with Crippen molar-refractivity contribution in [2.75, 3.05) is 12.3 Å². The van der Waals surface area contributed by atoms with Gasteiger partial charge in [0.15, 0.2) is 0 Å². The van der Waals surface area contributed by atoms with Gasteiger partial charge in [0.2, 0.25) is 0 Å². The van der Waals surface area contributed by atoms with Crippen LogP contribution in [-0.2, 0) is 0 Å².